The number of hydrogen-bond acceptors (Lipinski definition) is 1. The van der Waals surface area contributed by atoms with E-state index in [-0.39, 0.29) is 5.56 Å². The molecule has 0 aromatic heterocycles. The molecule has 0 saturated carbocycles. The molecule has 0 unspecified atom stereocenters. The Balaban J connectivity index is 0.000000791. The van der Waals surface area contributed by atoms with Gasteiger partial charge >= 0.3 is 0 Å². The number of aldehydes is 1. The van der Waals surface area contributed by atoms with Gasteiger partial charge in [-0.15, -0.1) is 0 Å². The van der Waals surface area contributed by atoms with Crippen molar-refractivity contribution < 1.29 is 9.18 Å². The van der Waals surface area contributed by atoms with E-state index in [1.165, 1.54) is 6.07 Å². The maximum Gasteiger partial charge on any atom is 0.153 e. The molecule has 0 aliphatic heterocycles. The highest BCUT2D eigenvalue weighted by atomic mass is 19.1. The molecule has 0 radical (unpaired) electrons. The van der Waals surface area contributed by atoms with Crippen LogP contribution in [0.3, 0.4) is 0 Å². The Kier molecular flexibility index (Phi) is 5.77. The van der Waals surface area contributed by atoms with Crippen LogP contribution in [0.25, 0.3) is 0 Å². The number of benzene rings is 1. The Morgan fingerprint density at radius 2 is 1.86 bits per heavy atom. The number of carbonyl (C=O) groups is 1. The highest BCUT2D eigenvalue weighted by Gasteiger charge is 2.04. The van der Waals surface area contributed by atoms with Gasteiger partial charge in [0.05, 0.1) is 5.56 Å². The smallest absolute Gasteiger partial charge is 0.153 e. The summed E-state index contributed by atoms with van der Waals surface area (Å²) < 4.78 is 12.8. The average molecular weight is 196 g/mol. The highest BCUT2D eigenvalue weighted by molar-refractivity contribution is 5.75. The first-order valence-corrected chi connectivity index (χ1v) is 4.89. The lowest BCUT2D eigenvalue weighted by molar-refractivity contribution is 0.111. The summed E-state index contributed by atoms with van der Waals surface area (Å²) in [6.07, 6.45) is 0.543. The van der Waals surface area contributed by atoms with Crippen LogP contribution in [0.1, 0.15) is 49.5 Å². The summed E-state index contributed by atoms with van der Waals surface area (Å²) >= 11 is 0. The Morgan fingerprint density at radius 3 is 2.29 bits per heavy atom. The minimum absolute atomic E-state index is 0.140. The molecule has 2 heteroatoms. The van der Waals surface area contributed by atoms with Crippen molar-refractivity contribution in [1.82, 2.24) is 0 Å². The maximum atomic E-state index is 12.8. The van der Waals surface area contributed by atoms with Gasteiger partial charge in [-0.2, -0.15) is 0 Å². The molecular weight excluding hydrogens is 179 g/mol. The van der Waals surface area contributed by atoms with Crippen LogP contribution in [-0.4, -0.2) is 6.29 Å². The highest BCUT2D eigenvalue weighted by Crippen LogP contribution is 2.16. The van der Waals surface area contributed by atoms with Crippen molar-refractivity contribution in [1.29, 1.82) is 0 Å². The molecule has 0 fully saturated rings. The van der Waals surface area contributed by atoms with Gasteiger partial charge in [-0.3, -0.25) is 4.79 Å². The van der Waals surface area contributed by atoms with Gasteiger partial charge in [-0.05, 0) is 23.6 Å². The lowest BCUT2D eigenvalue weighted by Gasteiger charge is -2.05. The lowest BCUT2D eigenvalue weighted by Crippen LogP contribution is -1.93. The van der Waals surface area contributed by atoms with E-state index in [9.17, 15) is 9.18 Å². The van der Waals surface area contributed by atoms with Crippen LogP contribution in [0.4, 0.5) is 4.39 Å². The normalized spacial score (nSPS) is 9.29. The van der Waals surface area contributed by atoms with E-state index in [0.29, 0.717) is 12.2 Å². The van der Waals surface area contributed by atoms with Gasteiger partial charge in [0, 0.05) is 0 Å². The molecule has 1 nitrogen and oxygen atoms in total. The summed E-state index contributed by atoms with van der Waals surface area (Å²) in [5, 5.41) is 0. The van der Waals surface area contributed by atoms with Crippen molar-refractivity contribution >= 4 is 6.29 Å². The molecule has 1 aromatic carbocycles. The molecule has 0 aliphatic rings. The predicted octanol–water partition coefficient (Wildman–Crippen LogP) is 3.79. The molecule has 0 saturated heterocycles. The summed E-state index contributed by atoms with van der Waals surface area (Å²) in [5.74, 6) is -0.126. The van der Waals surface area contributed by atoms with E-state index in [2.05, 4.69) is 0 Å². The molecule has 0 aliphatic carbocycles. The Hall–Kier alpha value is -1.18. The summed E-state index contributed by atoms with van der Waals surface area (Å²) in [5.41, 5.74) is 1.12. The summed E-state index contributed by atoms with van der Waals surface area (Å²) in [6, 6.07) is 4.62. The van der Waals surface area contributed by atoms with Crippen LogP contribution < -0.4 is 0 Å². The van der Waals surface area contributed by atoms with Gasteiger partial charge in [-0.25, -0.2) is 4.39 Å². The third-order valence-electron chi connectivity index (χ3n) is 1.81. The van der Waals surface area contributed by atoms with E-state index < -0.39 is 5.82 Å². The van der Waals surface area contributed by atoms with E-state index in [1.54, 1.807) is 12.1 Å². The van der Waals surface area contributed by atoms with E-state index in [4.69, 9.17) is 0 Å². The fourth-order valence-electron chi connectivity index (χ4n) is 1.01. The second-order valence-corrected chi connectivity index (χ2v) is 3.05. The zero-order valence-corrected chi connectivity index (χ0v) is 9.17. The van der Waals surface area contributed by atoms with Crippen LogP contribution in [0.2, 0.25) is 0 Å². The Morgan fingerprint density at radius 1 is 1.29 bits per heavy atom. The second-order valence-electron chi connectivity index (χ2n) is 3.05. The van der Waals surface area contributed by atoms with Crippen molar-refractivity contribution in [3.8, 4) is 0 Å². The largest absolute Gasteiger partial charge is 0.298 e. The van der Waals surface area contributed by atoms with Crippen LogP contribution in [0.15, 0.2) is 18.2 Å². The molecule has 0 amide bonds. The maximum absolute atomic E-state index is 12.8. The zero-order valence-electron chi connectivity index (χ0n) is 9.17. The lowest BCUT2D eigenvalue weighted by atomic mass is 10.0. The number of rotatable bonds is 2. The Bertz CT molecular complexity index is 292. The number of hydrogen-bond donors (Lipinski definition) is 0. The van der Waals surface area contributed by atoms with Crippen LogP contribution >= 0.6 is 0 Å². The van der Waals surface area contributed by atoms with Gasteiger partial charge in [0.25, 0.3) is 0 Å². The molecule has 0 bridgehead atoms. The molecule has 0 atom stereocenters. The van der Waals surface area contributed by atoms with Gasteiger partial charge in [-0.1, -0.05) is 33.8 Å². The van der Waals surface area contributed by atoms with Crippen LogP contribution in [-0.2, 0) is 0 Å². The van der Waals surface area contributed by atoms with Crippen molar-refractivity contribution in [3.63, 3.8) is 0 Å². The van der Waals surface area contributed by atoms with Gasteiger partial charge in [0.15, 0.2) is 6.29 Å². The quantitative estimate of drug-likeness (QED) is 0.658. The fraction of sp³-hybridized carbons (Fsp3) is 0.417. The first kappa shape index (κ1) is 12.8. The minimum atomic E-state index is -0.450. The molecule has 0 spiro atoms. The van der Waals surface area contributed by atoms with E-state index in [1.807, 2.05) is 27.7 Å². The van der Waals surface area contributed by atoms with Gasteiger partial charge in [0.1, 0.15) is 5.82 Å². The topological polar surface area (TPSA) is 17.1 Å². The van der Waals surface area contributed by atoms with Gasteiger partial charge < -0.3 is 0 Å². The monoisotopic (exact) mass is 196 g/mol. The molecule has 14 heavy (non-hydrogen) atoms. The van der Waals surface area contributed by atoms with E-state index in [0.717, 1.165) is 5.56 Å². The first-order chi connectivity index (χ1) is 6.65. The van der Waals surface area contributed by atoms with Crippen molar-refractivity contribution in [2.24, 2.45) is 0 Å². The third kappa shape index (κ3) is 3.29. The third-order valence-corrected chi connectivity index (χ3v) is 1.81. The van der Waals surface area contributed by atoms with Crippen LogP contribution in [0.5, 0.6) is 0 Å². The molecule has 78 valence electrons. The standard InChI is InChI=1S/C10H11FO.C2H6/c1-7(2)8-3-4-10(11)9(5-8)6-12;1-2/h3-7H,1-2H3;1-2H3. The van der Waals surface area contributed by atoms with Crippen molar-refractivity contribution in [3.05, 3.63) is 35.1 Å². The first-order valence-electron chi connectivity index (χ1n) is 4.89. The second kappa shape index (κ2) is 6.30. The number of halogens is 1. The Labute approximate surface area is 85.0 Å². The zero-order chi connectivity index (χ0) is 11.1. The van der Waals surface area contributed by atoms with Gasteiger partial charge in [0.2, 0.25) is 0 Å². The molecular formula is C12H17FO. The van der Waals surface area contributed by atoms with E-state index >= 15 is 0 Å². The van der Waals surface area contributed by atoms with Crippen LogP contribution in [0, 0.1) is 5.82 Å². The SMILES string of the molecule is CC.CC(C)c1ccc(F)c(C=O)c1. The average Bonchev–Trinajstić information content (AvgIpc) is 2.21. The summed E-state index contributed by atoms with van der Waals surface area (Å²) in [6.45, 7) is 8.00. The molecule has 0 N–H and O–H groups in total. The predicted molar refractivity (Wildman–Crippen MR) is 57.2 cm³/mol. The molecule has 0 heterocycles. The fourth-order valence-corrected chi connectivity index (χ4v) is 1.01. The summed E-state index contributed by atoms with van der Waals surface area (Å²) in [7, 11) is 0. The number of carbonyl (C=O) groups excluding carboxylic acids is 1. The van der Waals surface area contributed by atoms with Crippen molar-refractivity contribution in [2.45, 2.75) is 33.6 Å². The minimum Gasteiger partial charge on any atom is -0.298 e. The van der Waals surface area contributed by atoms with Crippen molar-refractivity contribution in [2.75, 3.05) is 0 Å². The molecule has 1 rings (SSSR count). The molecule has 1 aromatic rings. The summed E-state index contributed by atoms with van der Waals surface area (Å²) in [4.78, 5) is 10.4.